The Balaban J connectivity index is 2.05. The highest BCUT2D eigenvalue weighted by Gasteiger charge is 2.20. The average molecular weight is 256 g/mol. The van der Waals surface area contributed by atoms with Gasteiger partial charge in [-0.15, -0.1) is 11.8 Å². The third-order valence-electron chi connectivity index (χ3n) is 3.16. The van der Waals surface area contributed by atoms with Gasteiger partial charge in [0.05, 0.1) is 0 Å². The van der Waals surface area contributed by atoms with Gasteiger partial charge in [-0.2, -0.15) is 0 Å². The standard InChI is InChI=1S/C13H18ClNS/c1-9-3-2-4-11(7-9)16-13-8-10(14)5-6-12(13)15/h5-6,8-9,11H,2-4,7,15H2,1H3. The fourth-order valence-electron chi connectivity index (χ4n) is 2.28. The zero-order valence-electron chi connectivity index (χ0n) is 9.58. The maximum Gasteiger partial charge on any atom is 0.0453 e. The normalized spacial score (nSPS) is 25.6. The first-order chi connectivity index (χ1) is 7.65. The van der Waals surface area contributed by atoms with Crippen molar-refractivity contribution in [3.63, 3.8) is 0 Å². The molecule has 3 heteroatoms. The molecule has 0 aromatic heterocycles. The second-order valence-corrected chi connectivity index (χ2v) is 6.47. The third-order valence-corrected chi connectivity index (χ3v) is 4.76. The van der Waals surface area contributed by atoms with E-state index in [0.29, 0.717) is 5.25 Å². The molecule has 1 aliphatic carbocycles. The van der Waals surface area contributed by atoms with Crippen molar-refractivity contribution in [2.24, 2.45) is 5.92 Å². The molecule has 1 aliphatic rings. The lowest BCUT2D eigenvalue weighted by Crippen LogP contribution is -2.15. The van der Waals surface area contributed by atoms with Crippen molar-refractivity contribution in [1.82, 2.24) is 0 Å². The van der Waals surface area contributed by atoms with Gasteiger partial charge in [-0.25, -0.2) is 0 Å². The number of rotatable bonds is 2. The Morgan fingerprint density at radius 1 is 1.38 bits per heavy atom. The van der Waals surface area contributed by atoms with Crippen LogP contribution < -0.4 is 5.73 Å². The van der Waals surface area contributed by atoms with Crippen LogP contribution >= 0.6 is 23.4 Å². The van der Waals surface area contributed by atoms with Crippen LogP contribution in [-0.4, -0.2) is 5.25 Å². The Morgan fingerprint density at radius 2 is 2.19 bits per heavy atom. The molecule has 1 fully saturated rings. The van der Waals surface area contributed by atoms with Gasteiger partial charge in [0, 0.05) is 20.9 Å². The van der Waals surface area contributed by atoms with Gasteiger partial charge in [-0.3, -0.25) is 0 Å². The predicted octanol–water partition coefficient (Wildman–Crippen LogP) is 4.59. The van der Waals surface area contributed by atoms with Crippen molar-refractivity contribution in [2.45, 2.75) is 42.8 Å². The van der Waals surface area contributed by atoms with Gasteiger partial charge in [0.2, 0.25) is 0 Å². The minimum atomic E-state index is 0.713. The summed E-state index contributed by atoms with van der Waals surface area (Å²) in [4.78, 5) is 1.14. The summed E-state index contributed by atoms with van der Waals surface area (Å²) >= 11 is 7.89. The smallest absolute Gasteiger partial charge is 0.0453 e. The molecule has 0 amide bonds. The number of anilines is 1. The molecule has 1 aromatic rings. The molecule has 2 N–H and O–H groups in total. The fourth-order valence-corrected chi connectivity index (χ4v) is 3.98. The van der Waals surface area contributed by atoms with Crippen molar-refractivity contribution < 1.29 is 0 Å². The molecule has 0 bridgehead atoms. The van der Waals surface area contributed by atoms with Crippen LogP contribution in [0.4, 0.5) is 5.69 Å². The first-order valence-corrected chi connectivity index (χ1v) is 7.12. The van der Waals surface area contributed by atoms with E-state index in [9.17, 15) is 0 Å². The van der Waals surface area contributed by atoms with E-state index in [-0.39, 0.29) is 0 Å². The van der Waals surface area contributed by atoms with E-state index in [1.54, 1.807) is 0 Å². The first-order valence-electron chi connectivity index (χ1n) is 5.87. The molecular formula is C13H18ClNS. The maximum absolute atomic E-state index is 5.99. The van der Waals surface area contributed by atoms with Crippen LogP contribution in [0.15, 0.2) is 23.1 Å². The van der Waals surface area contributed by atoms with E-state index in [4.69, 9.17) is 17.3 Å². The van der Waals surface area contributed by atoms with E-state index in [2.05, 4.69) is 6.92 Å². The number of benzene rings is 1. The van der Waals surface area contributed by atoms with Crippen LogP contribution in [0.2, 0.25) is 5.02 Å². The van der Waals surface area contributed by atoms with Crippen molar-refractivity contribution >= 4 is 29.1 Å². The van der Waals surface area contributed by atoms with E-state index in [0.717, 1.165) is 21.5 Å². The molecule has 0 aliphatic heterocycles. The molecule has 88 valence electrons. The highest BCUT2D eigenvalue weighted by molar-refractivity contribution is 8.00. The summed E-state index contributed by atoms with van der Waals surface area (Å²) in [5.74, 6) is 0.853. The van der Waals surface area contributed by atoms with Crippen LogP contribution in [-0.2, 0) is 0 Å². The van der Waals surface area contributed by atoms with Crippen molar-refractivity contribution in [2.75, 3.05) is 5.73 Å². The van der Waals surface area contributed by atoms with Crippen LogP contribution in [0, 0.1) is 5.92 Å². The zero-order chi connectivity index (χ0) is 11.5. The van der Waals surface area contributed by atoms with Crippen LogP contribution in [0.25, 0.3) is 0 Å². The lowest BCUT2D eigenvalue weighted by atomic mass is 9.91. The molecular weight excluding hydrogens is 238 g/mol. The molecule has 2 atom stereocenters. The lowest BCUT2D eigenvalue weighted by Gasteiger charge is -2.26. The molecule has 1 saturated carbocycles. The second kappa shape index (κ2) is 5.33. The summed E-state index contributed by atoms with van der Waals surface area (Å²) in [6, 6.07) is 5.74. The van der Waals surface area contributed by atoms with Crippen molar-refractivity contribution in [3.05, 3.63) is 23.2 Å². The van der Waals surface area contributed by atoms with Crippen molar-refractivity contribution in [3.8, 4) is 0 Å². The summed E-state index contributed by atoms with van der Waals surface area (Å²) in [6.07, 6.45) is 5.33. The van der Waals surface area contributed by atoms with Gasteiger partial charge in [-0.1, -0.05) is 31.4 Å². The quantitative estimate of drug-likeness (QED) is 0.782. The second-order valence-electron chi connectivity index (χ2n) is 4.69. The summed E-state index contributed by atoms with van der Waals surface area (Å²) in [5, 5.41) is 1.49. The molecule has 0 saturated heterocycles. The molecule has 16 heavy (non-hydrogen) atoms. The maximum atomic E-state index is 5.99. The van der Waals surface area contributed by atoms with Gasteiger partial charge in [0.25, 0.3) is 0 Å². The number of hydrogen-bond donors (Lipinski definition) is 1. The van der Waals surface area contributed by atoms with Crippen LogP contribution in [0.3, 0.4) is 0 Å². The number of thioether (sulfide) groups is 1. The number of nitrogen functional groups attached to an aromatic ring is 1. The summed E-state index contributed by atoms with van der Waals surface area (Å²) in [6.45, 7) is 2.34. The monoisotopic (exact) mass is 255 g/mol. The van der Waals surface area contributed by atoms with Crippen molar-refractivity contribution in [1.29, 1.82) is 0 Å². The Hall–Kier alpha value is -0.340. The highest BCUT2D eigenvalue weighted by Crippen LogP contribution is 2.38. The molecule has 0 heterocycles. The van der Waals surface area contributed by atoms with Gasteiger partial charge in [-0.05, 0) is 37.0 Å². The minimum absolute atomic E-state index is 0.713. The molecule has 1 aromatic carbocycles. The first kappa shape index (κ1) is 12.1. The van der Waals surface area contributed by atoms with Crippen LogP contribution in [0.5, 0.6) is 0 Å². The van der Waals surface area contributed by atoms with Gasteiger partial charge in [0.15, 0.2) is 0 Å². The summed E-state index contributed by atoms with van der Waals surface area (Å²) in [5.41, 5.74) is 6.82. The van der Waals surface area contributed by atoms with Crippen LogP contribution in [0.1, 0.15) is 32.6 Å². The molecule has 0 radical (unpaired) electrons. The third kappa shape index (κ3) is 3.08. The Morgan fingerprint density at radius 3 is 2.94 bits per heavy atom. The van der Waals surface area contributed by atoms with E-state index in [1.807, 2.05) is 30.0 Å². The van der Waals surface area contributed by atoms with E-state index >= 15 is 0 Å². The number of halogens is 1. The summed E-state index contributed by atoms with van der Waals surface area (Å²) in [7, 11) is 0. The van der Waals surface area contributed by atoms with E-state index < -0.39 is 0 Å². The largest absolute Gasteiger partial charge is 0.398 e. The molecule has 2 rings (SSSR count). The van der Waals surface area contributed by atoms with E-state index in [1.165, 1.54) is 25.7 Å². The predicted molar refractivity (Wildman–Crippen MR) is 73.1 cm³/mol. The molecule has 2 unspecified atom stereocenters. The minimum Gasteiger partial charge on any atom is -0.398 e. The highest BCUT2D eigenvalue weighted by atomic mass is 35.5. The average Bonchev–Trinajstić information content (AvgIpc) is 2.24. The SMILES string of the molecule is CC1CCCC(Sc2cc(Cl)ccc2N)C1. The Labute approximate surface area is 107 Å². The lowest BCUT2D eigenvalue weighted by molar-refractivity contribution is 0.394. The zero-order valence-corrected chi connectivity index (χ0v) is 11.2. The molecule has 0 spiro atoms. The van der Waals surface area contributed by atoms with Gasteiger partial charge in [0.1, 0.15) is 0 Å². The topological polar surface area (TPSA) is 26.0 Å². The number of hydrogen-bond acceptors (Lipinski definition) is 2. The summed E-state index contributed by atoms with van der Waals surface area (Å²) < 4.78 is 0. The molecule has 1 nitrogen and oxygen atoms in total. The number of nitrogens with two attached hydrogens (primary N) is 1. The fraction of sp³-hybridized carbons (Fsp3) is 0.538. The Bertz CT molecular complexity index is 367. The van der Waals surface area contributed by atoms with Gasteiger partial charge < -0.3 is 5.73 Å². The van der Waals surface area contributed by atoms with Gasteiger partial charge >= 0.3 is 0 Å². The Kier molecular flexibility index (Phi) is 4.04.